The number of likely N-dealkylation sites (tertiary alicyclic amines) is 1. The summed E-state index contributed by atoms with van der Waals surface area (Å²) in [5.74, 6) is 0.316. The molecule has 1 unspecified atom stereocenters. The minimum absolute atomic E-state index is 0.119. The molecule has 0 aliphatic carbocycles. The number of esters is 1. The quantitative estimate of drug-likeness (QED) is 0.724. The second-order valence-electron chi connectivity index (χ2n) is 6.83. The lowest BCUT2D eigenvalue weighted by molar-refractivity contribution is -0.147. The monoisotopic (exact) mass is 377 g/mol. The van der Waals surface area contributed by atoms with Crippen LogP contribution in [0.1, 0.15) is 55.4 Å². The number of hydrogen-bond acceptors (Lipinski definition) is 6. The lowest BCUT2D eigenvalue weighted by Gasteiger charge is -2.23. The summed E-state index contributed by atoms with van der Waals surface area (Å²) in [6, 6.07) is -0.628. The Hall–Kier alpha value is -1.73. The van der Waals surface area contributed by atoms with Gasteiger partial charge in [-0.3, -0.25) is 14.3 Å². The molecule has 26 heavy (non-hydrogen) atoms. The molecular formula is C19H27N3O3S. The Morgan fingerprint density at radius 2 is 1.96 bits per heavy atom. The predicted molar refractivity (Wildman–Crippen MR) is 104 cm³/mol. The number of carbonyl (C=O) groups excluding carboxylic acids is 1. The minimum atomic E-state index is -0.628. The van der Waals surface area contributed by atoms with E-state index in [2.05, 4.69) is 4.90 Å². The van der Waals surface area contributed by atoms with E-state index in [0.717, 1.165) is 28.4 Å². The number of carbonyl (C=O) groups is 1. The summed E-state index contributed by atoms with van der Waals surface area (Å²) < 4.78 is 6.83. The van der Waals surface area contributed by atoms with Gasteiger partial charge in [-0.25, -0.2) is 9.78 Å². The number of hydrogen-bond donors (Lipinski definition) is 0. The molecule has 6 nitrogen and oxygen atoms in total. The first kappa shape index (κ1) is 19.0. The van der Waals surface area contributed by atoms with E-state index < -0.39 is 6.04 Å². The van der Waals surface area contributed by atoms with E-state index in [-0.39, 0.29) is 11.5 Å². The van der Waals surface area contributed by atoms with Crippen molar-refractivity contribution in [2.75, 3.05) is 19.7 Å². The number of rotatable bonds is 6. The fourth-order valence-electron chi connectivity index (χ4n) is 3.62. The van der Waals surface area contributed by atoms with Crippen LogP contribution in [0.25, 0.3) is 10.2 Å². The van der Waals surface area contributed by atoms with Gasteiger partial charge in [0.05, 0.1) is 18.5 Å². The van der Waals surface area contributed by atoms with E-state index in [1.807, 2.05) is 20.8 Å². The SMILES string of the molecule is CCOC(=O)C(CC)n1c(CN2CCCC2)nc2sc(C)c(C)c2c1=O. The molecule has 0 bridgehead atoms. The first-order chi connectivity index (χ1) is 12.5. The van der Waals surface area contributed by atoms with Crippen molar-refractivity contribution in [1.29, 1.82) is 0 Å². The summed E-state index contributed by atoms with van der Waals surface area (Å²) in [5.41, 5.74) is 0.841. The maximum atomic E-state index is 13.4. The van der Waals surface area contributed by atoms with Crippen LogP contribution in [0.3, 0.4) is 0 Å². The fourth-order valence-corrected chi connectivity index (χ4v) is 4.65. The van der Waals surface area contributed by atoms with Crippen molar-refractivity contribution in [2.45, 2.75) is 59.5 Å². The van der Waals surface area contributed by atoms with Crippen LogP contribution in [0.4, 0.5) is 0 Å². The van der Waals surface area contributed by atoms with Gasteiger partial charge in [0.2, 0.25) is 0 Å². The number of ether oxygens (including phenoxy) is 1. The van der Waals surface area contributed by atoms with E-state index in [4.69, 9.17) is 9.72 Å². The molecule has 2 aromatic rings. The number of aromatic nitrogens is 2. The highest BCUT2D eigenvalue weighted by molar-refractivity contribution is 7.18. The molecule has 0 aromatic carbocycles. The number of thiophene rings is 1. The lowest BCUT2D eigenvalue weighted by Crippen LogP contribution is -2.36. The van der Waals surface area contributed by atoms with Crippen molar-refractivity contribution in [2.24, 2.45) is 0 Å². The average molecular weight is 378 g/mol. The smallest absolute Gasteiger partial charge is 0.329 e. The van der Waals surface area contributed by atoms with Gasteiger partial charge in [-0.15, -0.1) is 11.3 Å². The third-order valence-corrected chi connectivity index (χ3v) is 6.23. The normalized spacial score (nSPS) is 16.3. The first-order valence-corrected chi connectivity index (χ1v) is 10.2. The van der Waals surface area contributed by atoms with Crippen LogP contribution in [0, 0.1) is 13.8 Å². The van der Waals surface area contributed by atoms with Gasteiger partial charge in [-0.2, -0.15) is 0 Å². The molecule has 3 rings (SSSR count). The first-order valence-electron chi connectivity index (χ1n) is 9.38. The van der Waals surface area contributed by atoms with Crippen molar-refractivity contribution in [3.05, 3.63) is 26.6 Å². The summed E-state index contributed by atoms with van der Waals surface area (Å²) >= 11 is 1.55. The Morgan fingerprint density at radius 1 is 1.27 bits per heavy atom. The Balaban J connectivity index is 2.18. The van der Waals surface area contributed by atoms with Gasteiger partial charge in [-0.05, 0) is 58.7 Å². The molecule has 1 atom stereocenters. The molecule has 1 aliphatic rings. The highest BCUT2D eigenvalue weighted by Crippen LogP contribution is 2.28. The van der Waals surface area contributed by atoms with Gasteiger partial charge in [-0.1, -0.05) is 6.92 Å². The second-order valence-corrected chi connectivity index (χ2v) is 8.03. The van der Waals surface area contributed by atoms with Gasteiger partial charge < -0.3 is 4.74 Å². The van der Waals surface area contributed by atoms with Gasteiger partial charge in [0.15, 0.2) is 0 Å². The maximum Gasteiger partial charge on any atom is 0.329 e. The van der Waals surface area contributed by atoms with E-state index >= 15 is 0 Å². The third-order valence-electron chi connectivity index (χ3n) is 5.13. The van der Waals surface area contributed by atoms with Gasteiger partial charge in [0, 0.05) is 4.88 Å². The van der Waals surface area contributed by atoms with Crippen molar-refractivity contribution in [1.82, 2.24) is 14.5 Å². The van der Waals surface area contributed by atoms with E-state index in [0.29, 0.717) is 30.8 Å². The molecule has 3 heterocycles. The molecule has 1 fully saturated rings. The average Bonchev–Trinajstić information content (AvgIpc) is 3.20. The summed E-state index contributed by atoms with van der Waals surface area (Å²) in [7, 11) is 0. The molecule has 0 radical (unpaired) electrons. The van der Waals surface area contributed by atoms with Gasteiger partial charge >= 0.3 is 5.97 Å². The van der Waals surface area contributed by atoms with Crippen molar-refractivity contribution < 1.29 is 9.53 Å². The zero-order valence-corrected chi connectivity index (χ0v) is 16.8. The van der Waals surface area contributed by atoms with Crippen LogP contribution < -0.4 is 5.56 Å². The highest BCUT2D eigenvalue weighted by atomic mass is 32.1. The molecule has 1 saturated heterocycles. The Kier molecular flexibility index (Phi) is 5.77. The Morgan fingerprint density at radius 3 is 2.58 bits per heavy atom. The summed E-state index contributed by atoms with van der Waals surface area (Å²) in [5, 5.41) is 0.639. The number of aryl methyl sites for hydroxylation is 2. The molecular weight excluding hydrogens is 350 g/mol. The standard InChI is InChI=1S/C19H27N3O3S/c1-5-14(19(24)25-6-2)22-15(11-21-9-7-8-10-21)20-17-16(18(22)23)12(3)13(4)26-17/h14H,5-11H2,1-4H3. The third kappa shape index (κ3) is 3.42. The molecule has 0 N–H and O–H groups in total. The van der Waals surface area contributed by atoms with Crippen LogP contribution >= 0.6 is 11.3 Å². The molecule has 2 aromatic heterocycles. The molecule has 142 valence electrons. The second kappa shape index (κ2) is 7.88. The zero-order valence-electron chi connectivity index (χ0n) is 16.0. The van der Waals surface area contributed by atoms with Crippen molar-refractivity contribution in [3.63, 3.8) is 0 Å². The number of fused-ring (bicyclic) bond motifs is 1. The minimum Gasteiger partial charge on any atom is -0.464 e. The fraction of sp³-hybridized carbons (Fsp3) is 0.632. The van der Waals surface area contributed by atoms with Crippen LogP contribution in [-0.2, 0) is 16.1 Å². The van der Waals surface area contributed by atoms with Gasteiger partial charge in [0.1, 0.15) is 16.7 Å². The molecule has 1 aliphatic heterocycles. The van der Waals surface area contributed by atoms with Crippen LogP contribution in [-0.4, -0.2) is 40.1 Å². The molecule has 7 heteroatoms. The maximum absolute atomic E-state index is 13.4. The summed E-state index contributed by atoms with van der Waals surface area (Å²) in [6.07, 6.45) is 2.83. The van der Waals surface area contributed by atoms with Gasteiger partial charge in [0.25, 0.3) is 5.56 Å². The van der Waals surface area contributed by atoms with Crippen molar-refractivity contribution >= 4 is 27.5 Å². The largest absolute Gasteiger partial charge is 0.464 e. The summed E-state index contributed by atoms with van der Waals surface area (Å²) in [6.45, 7) is 10.6. The van der Waals surface area contributed by atoms with E-state index in [9.17, 15) is 9.59 Å². The van der Waals surface area contributed by atoms with Crippen molar-refractivity contribution in [3.8, 4) is 0 Å². The Labute approximate surface area is 157 Å². The zero-order chi connectivity index (χ0) is 18.8. The lowest BCUT2D eigenvalue weighted by atomic mass is 10.1. The Bertz CT molecular complexity index is 865. The topological polar surface area (TPSA) is 64.4 Å². The van der Waals surface area contributed by atoms with Crippen LogP contribution in [0.5, 0.6) is 0 Å². The highest BCUT2D eigenvalue weighted by Gasteiger charge is 2.28. The molecule has 0 amide bonds. The molecule has 0 spiro atoms. The van der Waals surface area contributed by atoms with E-state index in [1.165, 1.54) is 12.8 Å². The van der Waals surface area contributed by atoms with Crippen LogP contribution in [0.15, 0.2) is 4.79 Å². The molecule has 0 saturated carbocycles. The number of nitrogens with zero attached hydrogens (tertiary/aromatic N) is 3. The summed E-state index contributed by atoms with van der Waals surface area (Å²) in [4.78, 5) is 34.9. The predicted octanol–water partition coefficient (Wildman–Crippen LogP) is 3.18. The van der Waals surface area contributed by atoms with E-state index in [1.54, 1.807) is 22.8 Å². The van der Waals surface area contributed by atoms with Crippen LogP contribution in [0.2, 0.25) is 0 Å².